The molecule has 0 saturated heterocycles. The van der Waals surface area contributed by atoms with Gasteiger partial charge in [0.1, 0.15) is 0 Å². The van der Waals surface area contributed by atoms with Crippen molar-refractivity contribution in [3.05, 3.63) is 35.4 Å². The Hall–Kier alpha value is -0.300. The Bertz CT molecular complexity index is 293. The number of hydrogen-bond acceptors (Lipinski definition) is 0. The maximum atomic E-state index is 3.52. The molecular weight excluding hydrogens is 236 g/mol. The van der Waals surface area contributed by atoms with Crippen molar-refractivity contribution in [1.29, 1.82) is 0 Å². The van der Waals surface area contributed by atoms with Crippen LogP contribution in [0.25, 0.3) is 0 Å². The Balaban J connectivity index is 2.14. The lowest BCUT2D eigenvalue weighted by Crippen LogP contribution is -2.09. The number of rotatable bonds is 3. The van der Waals surface area contributed by atoms with Gasteiger partial charge in [-0.3, -0.25) is 0 Å². The van der Waals surface area contributed by atoms with E-state index in [2.05, 4.69) is 40.2 Å². The van der Waals surface area contributed by atoms with Gasteiger partial charge < -0.3 is 0 Å². The molecule has 1 aliphatic carbocycles. The molecule has 1 aromatic rings. The summed E-state index contributed by atoms with van der Waals surface area (Å²) in [6.45, 7) is 0. The van der Waals surface area contributed by atoms with E-state index in [1.165, 1.54) is 32.1 Å². The zero-order valence-electron chi connectivity index (χ0n) is 8.51. The molecule has 0 radical (unpaired) electrons. The van der Waals surface area contributed by atoms with E-state index in [9.17, 15) is 0 Å². The standard InChI is InChI=1S/C13H17Br/c14-10-4-8-12-7-3-6-11-5-1-2-9-13(11)12/h1-2,5,9,12H,3-4,6-8,10H2/t12-/m1/s1. The summed E-state index contributed by atoms with van der Waals surface area (Å²) in [6, 6.07) is 8.99. The van der Waals surface area contributed by atoms with Crippen LogP contribution in [0, 0.1) is 0 Å². The van der Waals surface area contributed by atoms with Crippen LogP contribution in [0.15, 0.2) is 24.3 Å². The van der Waals surface area contributed by atoms with Gasteiger partial charge in [0.15, 0.2) is 0 Å². The first-order valence-electron chi connectivity index (χ1n) is 5.55. The predicted molar refractivity (Wildman–Crippen MR) is 65.1 cm³/mol. The number of benzene rings is 1. The Morgan fingerprint density at radius 3 is 3.00 bits per heavy atom. The number of aryl methyl sites for hydroxylation is 1. The number of halogens is 1. The molecule has 1 atom stereocenters. The van der Waals surface area contributed by atoms with Crippen molar-refractivity contribution in [1.82, 2.24) is 0 Å². The molecule has 0 heterocycles. The van der Waals surface area contributed by atoms with E-state index in [4.69, 9.17) is 0 Å². The van der Waals surface area contributed by atoms with Crippen molar-refractivity contribution in [3.8, 4) is 0 Å². The summed E-state index contributed by atoms with van der Waals surface area (Å²) in [7, 11) is 0. The molecule has 0 aliphatic heterocycles. The quantitative estimate of drug-likeness (QED) is 0.705. The first-order valence-corrected chi connectivity index (χ1v) is 6.67. The van der Waals surface area contributed by atoms with Gasteiger partial charge in [-0.05, 0) is 49.1 Å². The van der Waals surface area contributed by atoms with Gasteiger partial charge >= 0.3 is 0 Å². The molecule has 0 fully saturated rings. The van der Waals surface area contributed by atoms with Crippen molar-refractivity contribution < 1.29 is 0 Å². The highest BCUT2D eigenvalue weighted by Gasteiger charge is 2.18. The minimum atomic E-state index is 0.831. The van der Waals surface area contributed by atoms with Crippen LogP contribution in [-0.4, -0.2) is 5.33 Å². The molecule has 0 aromatic heterocycles. The van der Waals surface area contributed by atoms with Crippen LogP contribution >= 0.6 is 15.9 Å². The molecule has 0 saturated carbocycles. The second-order valence-electron chi connectivity index (χ2n) is 4.12. The first-order chi connectivity index (χ1) is 6.92. The molecular formula is C13H17Br. The summed E-state index contributed by atoms with van der Waals surface area (Å²) in [6.07, 6.45) is 6.72. The lowest BCUT2D eigenvalue weighted by molar-refractivity contribution is 0.517. The Kier molecular flexibility index (Phi) is 3.63. The zero-order chi connectivity index (χ0) is 9.80. The molecule has 2 rings (SSSR count). The molecule has 0 spiro atoms. The van der Waals surface area contributed by atoms with Crippen molar-refractivity contribution in [2.45, 2.75) is 38.0 Å². The fraction of sp³-hybridized carbons (Fsp3) is 0.538. The monoisotopic (exact) mass is 252 g/mol. The van der Waals surface area contributed by atoms with Crippen LogP contribution in [0.3, 0.4) is 0 Å². The third-order valence-corrected chi connectivity index (χ3v) is 3.74. The summed E-state index contributed by atoms with van der Waals surface area (Å²) < 4.78 is 0. The van der Waals surface area contributed by atoms with Crippen molar-refractivity contribution in [2.75, 3.05) is 5.33 Å². The SMILES string of the molecule is BrCCC[C@H]1CCCc2ccccc21. The van der Waals surface area contributed by atoms with Gasteiger partial charge in [0.25, 0.3) is 0 Å². The van der Waals surface area contributed by atoms with Gasteiger partial charge in [0, 0.05) is 5.33 Å². The van der Waals surface area contributed by atoms with Gasteiger partial charge in [-0.1, -0.05) is 40.2 Å². The molecule has 1 heteroatoms. The second kappa shape index (κ2) is 4.97. The second-order valence-corrected chi connectivity index (χ2v) is 4.91. The molecule has 0 unspecified atom stereocenters. The van der Waals surface area contributed by atoms with E-state index >= 15 is 0 Å². The van der Waals surface area contributed by atoms with E-state index in [0.717, 1.165) is 11.2 Å². The van der Waals surface area contributed by atoms with Crippen LogP contribution < -0.4 is 0 Å². The number of alkyl halides is 1. The van der Waals surface area contributed by atoms with Gasteiger partial charge in [0.05, 0.1) is 0 Å². The highest BCUT2D eigenvalue weighted by Crippen LogP contribution is 2.34. The van der Waals surface area contributed by atoms with Gasteiger partial charge in [0.2, 0.25) is 0 Å². The topological polar surface area (TPSA) is 0 Å². The van der Waals surface area contributed by atoms with Crippen molar-refractivity contribution in [3.63, 3.8) is 0 Å². The van der Waals surface area contributed by atoms with Gasteiger partial charge in [-0.2, -0.15) is 0 Å². The van der Waals surface area contributed by atoms with Crippen LogP contribution in [0.4, 0.5) is 0 Å². The summed E-state index contributed by atoms with van der Waals surface area (Å²) >= 11 is 3.52. The fourth-order valence-electron chi connectivity index (χ4n) is 2.48. The maximum Gasteiger partial charge on any atom is 0.00315 e. The molecule has 0 amide bonds. The average Bonchev–Trinajstić information content (AvgIpc) is 2.26. The molecule has 14 heavy (non-hydrogen) atoms. The summed E-state index contributed by atoms with van der Waals surface area (Å²) in [5.74, 6) is 0.831. The highest BCUT2D eigenvalue weighted by atomic mass is 79.9. The molecule has 0 bridgehead atoms. The lowest BCUT2D eigenvalue weighted by atomic mass is 9.81. The van der Waals surface area contributed by atoms with Crippen LogP contribution in [0.1, 0.15) is 42.7 Å². The van der Waals surface area contributed by atoms with E-state index in [0.29, 0.717) is 0 Å². The van der Waals surface area contributed by atoms with E-state index in [1.54, 1.807) is 11.1 Å². The maximum absolute atomic E-state index is 3.52. The number of fused-ring (bicyclic) bond motifs is 1. The van der Waals surface area contributed by atoms with E-state index in [1.807, 2.05) is 0 Å². The lowest BCUT2D eigenvalue weighted by Gasteiger charge is -2.25. The van der Waals surface area contributed by atoms with E-state index in [-0.39, 0.29) is 0 Å². The Morgan fingerprint density at radius 2 is 2.14 bits per heavy atom. The molecule has 1 aliphatic rings. The Labute approximate surface area is 94.8 Å². The predicted octanol–water partition coefficient (Wildman–Crippen LogP) is 4.28. The fourth-order valence-corrected chi connectivity index (χ4v) is 2.80. The summed E-state index contributed by atoms with van der Waals surface area (Å²) in [4.78, 5) is 0. The van der Waals surface area contributed by atoms with Crippen LogP contribution in [-0.2, 0) is 6.42 Å². The largest absolute Gasteiger partial charge is 0.0928 e. The molecule has 76 valence electrons. The minimum absolute atomic E-state index is 0.831. The zero-order valence-corrected chi connectivity index (χ0v) is 10.1. The summed E-state index contributed by atoms with van der Waals surface area (Å²) in [5, 5.41) is 1.14. The third-order valence-electron chi connectivity index (χ3n) is 3.18. The molecule has 0 N–H and O–H groups in total. The van der Waals surface area contributed by atoms with Crippen LogP contribution in [0.5, 0.6) is 0 Å². The minimum Gasteiger partial charge on any atom is -0.0928 e. The normalized spacial score (nSPS) is 20.5. The highest BCUT2D eigenvalue weighted by molar-refractivity contribution is 9.09. The average molecular weight is 253 g/mol. The number of hydrogen-bond donors (Lipinski definition) is 0. The van der Waals surface area contributed by atoms with E-state index < -0.39 is 0 Å². The van der Waals surface area contributed by atoms with Gasteiger partial charge in [-0.25, -0.2) is 0 Å². The van der Waals surface area contributed by atoms with Crippen molar-refractivity contribution in [2.24, 2.45) is 0 Å². The first kappa shape index (κ1) is 10.2. The Morgan fingerprint density at radius 1 is 1.29 bits per heavy atom. The third kappa shape index (κ3) is 2.20. The summed E-state index contributed by atoms with van der Waals surface area (Å²) in [5.41, 5.74) is 3.22. The molecule has 0 nitrogen and oxygen atoms in total. The smallest absolute Gasteiger partial charge is 0.00315 e. The molecule has 1 aromatic carbocycles. The van der Waals surface area contributed by atoms with Crippen molar-refractivity contribution >= 4 is 15.9 Å². The van der Waals surface area contributed by atoms with Gasteiger partial charge in [-0.15, -0.1) is 0 Å². The van der Waals surface area contributed by atoms with Crippen LogP contribution in [0.2, 0.25) is 0 Å².